The van der Waals surface area contributed by atoms with E-state index in [0.29, 0.717) is 6.42 Å². The monoisotopic (exact) mass is 505 g/mol. The number of esters is 1. The van der Waals surface area contributed by atoms with Crippen LogP contribution >= 0.6 is 11.3 Å². The third-order valence-corrected chi connectivity index (χ3v) is 8.35. The van der Waals surface area contributed by atoms with Crippen molar-refractivity contribution < 1.29 is 29.3 Å². The van der Waals surface area contributed by atoms with E-state index in [1.165, 1.54) is 11.3 Å². The predicted octanol–water partition coefficient (Wildman–Crippen LogP) is 4.42. The zero-order valence-corrected chi connectivity index (χ0v) is 22.2. The fourth-order valence-corrected chi connectivity index (χ4v) is 5.41. The summed E-state index contributed by atoms with van der Waals surface area (Å²) < 4.78 is 11.7. The Kier molecular flexibility index (Phi) is 9.07. The van der Waals surface area contributed by atoms with Gasteiger partial charge in [-0.05, 0) is 43.4 Å². The number of rotatable bonds is 3. The van der Waals surface area contributed by atoms with Crippen LogP contribution in [0.15, 0.2) is 17.5 Å². The van der Waals surface area contributed by atoms with Gasteiger partial charge in [-0.25, -0.2) is 4.98 Å². The Morgan fingerprint density at radius 1 is 1.23 bits per heavy atom. The van der Waals surface area contributed by atoms with Crippen molar-refractivity contribution in [3.63, 3.8) is 0 Å². The normalized spacial score (nSPS) is 35.2. The molecule has 1 aromatic heterocycles. The third-order valence-electron chi connectivity index (χ3n) is 7.49. The topological polar surface area (TPSA) is 109 Å². The molecule has 3 rings (SSSR count). The van der Waals surface area contributed by atoms with Gasteiger partial charge in [-0.2, -0.15) is 0 Å². The molecule has 3 heterocycles. The molecular weight excluding hydrogens is 466 g/mol. The van der Waals surface area contributed by atoms with Crippen LogP contribution in [0.4, 0.5) is 0 Å². The van der Waals surface area contributed by atoms with Crippen molar-refractivity contribution in [2.24, 2.45) is 17.3 Å². The number of ether oxygens (including phenoxy) is 2. The molecule has 0 aromatic carbocycles. The van der Waals surface area contributed by atoms with Gasteiger partial charge >= 0.3 is 5.97 Å². The molecule has 0 aliphatic carbocycles. The van der Waals surface area contributed by atoms with Crippen molar-refractivity contribution in [2.45, 2.75) is 97.2 Å². The summed E-state index contributed by atoms with van der Waals surface area (Å²) in [6, 6.07) is 0. The van der Waals surface area contributed by atoms with E-state index >= 15 is 0 Å². The first-order valence-corrected chi connectivity index (χ1v) is 13.3. The lowest BCUT2D eigenvalue weighted by molar-refractivity contribution is -0.154. The fraction of sp³-hybridized carbons (Fsp3) is 0.667. The fourth-order valence-electron chi connectivity index (χ4n) is 4.80. The lowest BCUT2D eigenvalue weighted by atomic mass is 9.73. The van der Waals surface area contributed by atoms with E-state index in [1.54, 1.807) is 26.8 Å². The largest absolute Gasteiger partial charge is 0.458 e. The zero-order valence-electron chi connectivity index (χ0n) is 21.4. The number of hydrogen-bond acceptors (Lipinski definition) is 8. The maximum Gasteiger partial charge on any atom is 0.309 e. The Hall–Kier alpha value is -1.87. The van der Waals surface area contributed by atoms with Gasteiger partial charge < -0.3 is 19.7 Å². The van der Waals surface area contributed by atoms with Crippen LogP contribution in [0, 0.1) is 17.3 Å². The van der Waals surface area contributed by atoms with E-state index in [4.69, 9.17) is 9.47 Å². The summed E-state index contributed by atoms with van der Waals surface area (Å²) in [5.74, 6) is -1.55. The number of thiazole rings is 1. The number of carbonyl (C=O) groups excluding carboxylic acids is 2. The number of epoxide rings is 1. The summed E-state index contributed by atoms with van der Waals surface area (Å²) in [6.45, 7) is 12.5. The molecule has 2 fully saturated rings. The number of nitrogens with zero attached hydrogens (tertiary/aromatic N) is 1. The molecule has 1 aromatic rings. The van der Waals surface area contributed by atoms with E-state index in [0.717, 1.165) is 35.5 Å². The number of Topliss-reactive ketones (excluding diaryl/α,β-unsaturated/α-hetero) is 1. The van der Waals surface area contributed by atoms with Crippen LogP contribution in [0.25, 0.3) is 12.2 Å². The molecule has 2 aliphatic heterocycles. The number of carbonyl (C=O) groups is 2. The van der Waals surface area contributed by atoms with Gasteiger partial charge in [0.05, 0.1) is 41.9 Å². The molecule has 0 saturated carbocycles. The van der Waals surface area contributed by atoms with Crippen molar-refractivity contribution in [1.82, 2.24) is 4.98 Å². The van der Waals surface area contributed by atoms with Crippen molar-refractivity contribution in [1.29, 1.82) is 0 Å². The van der Waals surface area contributed by atoms with Crippen LogP contribution in [-0.4, -0.2) is 57.5 Å². The average Bonchev–Trinajstić information content (AvgIpc) is 3.38. The van der Waals surface area contributed by atoms with Crippen molar-refractivity contribution in [3.05, 3.63) is 28.2 Å². The molecular formula is C27H39NO6S. The number of aromatic nitrogens is 1. The van der Waals surface area contributed by atoms with Crippen LogP contribution in [0.5, 0.6) is 0 Å². The summed E-state index contributed by atoms with van der Waals surface area (Å²) >= 11 is 1.49. The Bertz CT molecular complexity index is 953. The first kappa shape index (κ1) is 27.7. The maximum absolute atomic E-state index is 13.2. The minimum Gasteiger partial charge on any atom is -0.458 e. The van der Waals surface area contributed by atoms with Crippen molar-refractivity contribution in [3.8, 4) is 0 Å². The summed E-state index contributed by atoms with van der Waals surface area (Å²) in [6.07, 6.45) is 3.81. The van der Waals surface area contributed by atoms with Crippen LogP contribution in [0.2, 0.25) is 0 Å². The third kappa shape index (κ3) is 6.88. The van der Waals surface area contributed by atoms with Gasteiger partial charge in [0.25, 0.3) is 0 Å². The van der Waals surface area contributed by atoms with Gasteiger partial charge in [-0.15, -0.1) is 11.3 Å². The Morgan fingerprint density at radius 2 is 1.94 bits per heavy atom. The summed E-state index contributed by atoms with van der Waals surface area (Å²) in [5, 5.41) is 24.3. The average molecular weight is 506 g/mol. The number of ketones is 1. The molecule has 0 spiro atoms. The highest BCUT2D eigenvalue weighted by molar-refractivity contribution is 7.10. The standard InChI is InChI=1S/C27H39NO6S/c1-7-23-28-18(14-35-23)11-16(3)20-12-21-19(33-21)10-8-9-15(2)25(31)17(4)26(32)27(5,6)22(29)13-24(30)34-20/h7,11,14-15,17,19-22,25,29,31H,1,8-10,12-13H2,2-6H3/t15-,17+,19+,20-,21+,22-,25-/m1/s1. The summed E-state index contributed by atoms with van der Waals surface area (Å²) in [7, 11) is 0. The van der Waals surface area contributed by atoms with Gasteiger partial charge in [0.2, 0.25) is 0 Å². The SMILES string of the molecule is C=Cc1nc(C=C(C)[C@H]2C[C@@H]3O[C@H]3CCC[C@@H](C)[C@@H](O)[C@H](C)C(=O)C(C)(C)[C@H](O)CC(=O)O2)cs1. The predicted molar refractivity (Wildman–Crippen MR) is 137 cm³/mol. The molecule has 8 heteroatoms. The number of aliphatic hydroxyl groups excluding tert-OH is 2. The second kappa shape index (κ2) is 11.5. The van der Waals surface area contributed by atoms with Crippen LogP contribution in [-0.2, 0) is 19.1 Å². The van der Waals surface area contributed by atoms with E-state index in [2.05, 4.69) is 11.6 Å². The lowest BCUT2D eigenvalue weighted by Gasteiger charge is -2.34. The molecule has 0 bridgehead atoms. The van der Waals surface area contributed by atoms with Gasteiger partial charge in [-0.1, -0.05) is 40.7 Å². The molecule has 0 radical (unpaired) electrons. The van der Waals surface area contributed by atoms with Crippen LogP contribution in [0.3, 0.4) is 0 Å². The first-order valence-electron chi connectivity index (χ1n) is 12.5. The van der Waals surface area contributed by atoms with Gasteiger partial charge in [0, 0.05) is 17.7 Å². The van der Waals surface area contributed by atoms with Crippen molar-refractivity contribution >= 4 is 35.2 Å². The highest BCUT2D eigenvalue weighted by Crippen LogP contribution is 2.36. The minimum absolute atomic E-state index is 0.00896. The number of cyclic esters (lactones) is 1. The molecule has 2 aliphatic rings. The second-order valence-corrected chi connectivity index (χ2v) is 11.5. The number of aliphatic hydroxyl groups is 2. The molecule has 2 saturated heterocycles. The van der Waals surface area contributed by atoms with E-state index in [-0.39, 0.29) is 30.3 Å². The van der Waals surface area contributed by atoms with Gasteiger partial charge in [0.15, 0.2) is 0 Å². The molecule has 194 valence electrons. The summed E-state index contributed by atoms with van der Waals surface area (Å²) in [5.41, 5.74) is 0.403. The first-order chi connectivity index (χ1) is 16.4. The summed E-state index contributed by atoms with van der Waals surface area (Å²) in [4.78, 5) is 30.5. The zero-order chi connectivity index (χ0) is 25.9. The van der Waals surface area contributed by atoms with E-state index in [1.807, 2.05) is 25.3 Å². The second-order valence-electron chi connectivity index (χ2n) is 10.6. The smallest absolute Gasteiger partial charge is 0.309 e. The Morgan fingerprint density at radius 3 is 2.60 bits per heavy atom. The van der Waals surface area contributed by atoms with E-state index < -0.39 is 35.6 Å². The highest BCUT2D eigenvalue weighted by Gasteiger charge is 2.44. The number of hydrogen-bond donors (Lipinski definition) is 2. The molecule has 0 amide bonds. The maximum atomic E-state index is 13.2. The lowest BCUT2D eigenvalue weighted by Crippen LogP contribution is -2.45. The molecule has 2 N–H and O–H groups in total. The Balaban J connectivity index is 1.82. The van der Waals surface area contributed by atoms with Crippen LogP contribution < -0.4 is 0 Å². The molecule has 7 nitrogen and oxygen atoms in total. The minimum atomic E-state index is -1.23. The van der Waals surface area contributed by atoms with Crippen molar-refractivity contribution in [2.75, 3.05) is 0 Å². The highest BCUT2D eigenvalue weighted by atomic mass is 32.1. The number of fused-ring (bicyclic) bond motifs is 1. The van der Waals surface area contributed by atoms with Gasteiger partial charge in [0.1, 0.15) is 16.9 Å². The van der Waals surface area contributed by atoms with E-state index in [9.17, 15) is 19.8 Å². The van der Waals surface area contributed by atoms with Crippen LogP contribution in [0.1, 0.15) is 77.4 Å². The Labute approximate surface area is 212 Å². The van der Waals surface area contributed by atoms with Gasteiger partial charge in [-0.3, -0.25) is 9.59 Å². The molecule has 35 heavy (non-hydrogen) atoms. The quantitative estimate of drug-likeness (QED) is 0.462. The molecule has 0 unspecified atom stereocenters. The molecule has 7 atom stereocenters.